The van der Waals surface area contributed by atoms with E-state index in [-0.39, 0.29) is 11.3 Å². The molecule has 0 fully saturated rings. The van der Waals surface area contributed by atoms with Crippen molar-refractivity contribution in [2.75, 3.05) is 0 Å². The Kier molecular flexibility index (Phi) is 4.76. The summed E-state index contributed by atoms with van der Waals surface area (Å²) in [5.41, 5.74) is 6.56. The first-order chi connectivity index (χ1) is 10.4. The average molecular weight is 294 g/mol. The lowest BCUT2D eigenvalue weighted by atomic mass is 9.87. The van der Waals surface area contributed by atoms with Crippen LogP contribution in [-0.4, -0.2) is 12.1 Å². The Morgan fingerprint density at radius 2 is 1.68 bits per heavy atom. The van der Waals surface area contributed by atoms with Gasteiger partial charge in [-0.3, -0.25) is 4.79 Å². The van der Waals surface area contributed by atoms with E-state index < -0.39 is 0 Å². The second-order valence-corrected chi connectivity index (χ2v) is 6.38. The van der Waals surface area contributed by atoms with Gasteiger partial charge in [0, 0.05) is 5.56 Å². The van der Waals surface area contributed by atoms with Crippen molar-refractivity contribution in [2.45, 2.75) is 33.1 Å². The Balaban J connectivity index is 2.02. The molecule has 3 heteroatoms. The second kappa shape index (κ2) is 6.56. The first-order valence-electron chi connectivity index (χ1n) is 7.37. The lowest BCUT2D eigenvalue weighted by Crippen LogP contribution is -2.18. The molecule has 0 aliphatic rings. The summed E-state index contributed by atoms with van der Waals surface area (Å²) >= 11 is 0. The van der Waals surface area contributed by atoms with Gasteiger partial charge >= 0.3 is 0 Å². The van der Waals surface area contributed by atoms with Gasteiger partial charge in [0.25, 0.3) is 5.91 Å². The molecule has 2 rings (SSSR count). The molecule has 2 aromatic rings. The minimum Gasteiger partial charge on any atom is -0.267 e. The number of hydrogen-bond donors (Lipinski definition) is 1. The van der Waals surface area contributed by atoms with E-state index in [0.29, 0.717) is 5.56 Å². The molecule has 0 bridgehead atoms. The number of nitrogens with zero attached hydrogens (tertiary/aromatic N) is 1. The van der Waals surface area contributed by atoms with Gasteiger partial charge in [0.15, 0.2) is 0 Å². The third kappa shape index (κ3) is 4.04. The molecule has 2 aromatic carbocycles. The molecule has 22 heavy (non-hydrogen) atoms. The molecule has 0 spiro atoms. The smallest absolute Gasteiger partial charge is 0.267 e. The Hall–Kier alpha value is -2.42. The Bertz CT molecular complexity index is 679. The fourth-order valence-electron chi connectivity index (χ4n) is 2.08. The van der Waals surface area contributed by atoms with E-state index >= 15 is 0 Å². The van der Waals surface area contributed by atoms with Crippen LogP contribution < -0.4 is 5.43 Å². The Labute approximate surface area is 132 Å². The number of carbonyl (C=O) groups excluding carboxylic acids is 1. The predicted octanol–water partition coefficient (Wildman–Crippen LogP) is 4.06. The fraction of sp³-hybridized carbons (Fsp3) is 0.263. The van der Waals surface area contributed by atoms with Gasteiger partial charge in [-0.25, -0.2) is 5.43 Å². The summed E-state index contributed by atoms with van der Waals surface area (Å²) in [7, 11) is 0. The zero-order valence-electron chi connectivity index (χ0n) is 13.6. The highest BCUT2D eigenvalue weighted by atomic mass is 16.2. The van der Waals surface area contributed by atoms with Crippen LogP contribution >= 0.6 is 0 Å². The van der Waals surface area contributed by atoms with Crippen molar-refractivity contribution in [1.82, 2.24) is 5.43 Å². The van der Waals surface area contributed by atoms with Gasteiger partial charge in [0.05, 0.1) is 6.21 Å². The number of rotatable bonds is 3. The lowest BCUT2D eigenvalue weighted by Gasteiger charge is -2.18. The Morgan fingerprint density at radius 1 is 1.05 bits per heavy atom. The van der Waals surface area contributed by atoms with Crippen molar-refractivity contribution in [3.8, 4) is 0 Å². The van der Waals surface area contributed by atoms with Gasteiger partial charge in [0.1, 0.15) is 0 Å². The van der Waals surface area contributed by atoms with Crippen LogP contribution in [0.4, 0.5) is 0 Å². The molecule has 114 valence electrons. The van der Waals surface area contributed by atoms with Gasteiger partial charge in [-0.15, -0.1) is 0 Å². The summed E-state index contributed by atoms with van der Waals surface area (Å²) in [5.74, 6) is -0.203. The van der Waals surface area contributed by atoms with Crippen molar-refractivity contribution >= 4 is 12.1 Å². The van der Waals surface area contributed by atoms with E-state index in [0.717, 1.165) is 11.1 Å². The number of hydrogen-bond acceptors (Lipinski definition) is 2. The van der Waals surface area contributed by atoms with Crippen molar-refractivity contribution in [3.63, 3.8) is 0 Å². The number of benzene rings is 2. The van der Waals surface area contributed by atoms with Crippen LogP contribution in [0.1, 0.15) is 47.8 Å². The fourth-order valence-corrected chi connectivity index (χ4v) is 2.08. The van der Waals surface area contributed by atoms with Crippen LogP contribution in [0.25, 0.3) is 0 Å². The molecular weight excluding hydrogens is 272 g/mol. The third-order valence-electron chi connectivity index (χ3n) is 3.57. The molecule has 3 nitrogen and oxygen atoms in total. The van der Waals surface area contributed by atoms with E-state index in [2.05, 4.69) is 31.3 Å². The molecule has 0 unspecified atom stereocenters. The van der Waals surface area contributed by atoms with Crippen molar-refractivity contribution in [1.29, 1.82) is 0 Å². The van der Waals surface area contributed by atoms with E-state index in [1.807, 2.05) is 55.5 Å². The Morgan fingerprint density at radius 3 is 2.27 bits per heavy atom. The number of amides is 1. The summed E-state index contributed by atoms with van der Waals surface area (Å²) in [5, 5.41) is 4.03. The van der Waals surface area contributed by atoms with Crippen molar-refractivity contribution in [2.24, 2.45) is 5.10 Å². The van der Waals surface area contributed by atoms with Gasteiger partial charge in [-0.2, -0.15) is 5.10 Å². The summed E-state index contributed by atoms with van der Waals surface area (Å²) < 4.78 is 0. The first kappa shape index (κ1) is 16.0. The van der Waals surface area contributed by atoms with Crippen molar-refractivity contribution in [3.05, 3.63) is 70.8 Å². The van der Waals surface area contributed by atoms with Crippen molar-refractivity contribution < 1.29 is 4.79 Å². The zero-order valence-corrected chi connectivity index (χ0v) is 13.6. The van der Waals surface area contributed by atoms with Gasteiger partial charge in [-0.1, -0.05) is 57.2 Å². The normalized spacial score (nSPS) is 11.6. The first-order valence-corrected chi connectivity index (χ1v) is 7.37. The molecule has 0 heterocycles. The number of nitrogens with one attached hydrogen (secondary N) is 1. The lowest BCUT2D eigenvalue weighted by molar-refractivity contribution is 0.0955. The van der Waals surface area contributed by atoms with Crippen LogP contribution in [-0.2, 0) is 5.41 Å². The summed E-state index contributed by atoms with van der Waals surface area (Å²) in [6, 6.07) is 15.5. The van der Waals surface area contributed by atoms with E-state index in [9.17, 15) is 4.79 Å². The summed E-state index contributed by atoms with van der Waals surface area (Å²) in [6.07, 6.45) is 1.66. The number of aryl methyl sites for hydroxylation is 1. The van der Waals surface area contributed by atoms with E-state index in [4.69, 9.17) is 0 Å². The van der Waals surface area contributed by atoms with Gasteiger partial charge < -0.3 is 0 Å². The highest BCUT2D eigenvalue weighted by Crippen LogP contribution is 2.22. The number of carbonyl (C=O) groups is 1. The third-order valence-corrected chi connectivity index (χ3v) is 3.57. The molecule has 0 saturated carbocycles. The molecule has 1 N–H and O–H groups in total. The topological polar surface area (TPSA) is 41.5 Å². The quantitative estimate of drug-likeness (QED) is 0.673. The largest absolute Gasteiger partial charge is 0.271 e. The molecule has 0 aliphatic carbocycles. The zero-order chi connectivity index (χ0) is 16.2. The standard InChI is InChI=1S/C19H22N2O/c1-14-7-5-6-8-16(14)13-20-21-18(22)15-9-11-17(12-10-15)19(2,3)4/h5-13H,1-4H3,(H,21,22)/b20-13-. The molecule has 0 aromatic heterocycles. The predicted molar refractivity (Wildman–Crippen MR) is 91.4 cm³/mol. The minimum atomic E-state index is -0.203. The highest BCUT2D eigenvalue weighted by molar-refractivity contribution is 5.95. The van der Waals surface area contributed by atoms with Crippen LogP contribution in [0.15, 0.2) is 53.6 Å². The summed E-state index contributed by atoms with van der Waals surface area (Å²) in [4.78, 5) is 12.1. The molecule has 0 radical (unpaired) electrons. The second-order valence-electron chi connectivity index (χ2n) is 6.38. The van der Waals surface area contributed by atoms with Crippen LogP contribution in [0, 0.1) is 6.92 Å². The molecule has 1 amide bonds. The molecular formula is C19H22N2O. The highest BCUT2D eigenvalue weighted by Gasteiger charge is 2.14. The summed E-state index contributed by atoms with van der Waals surface area (Å²) in [6.45, 7) is 8.45. The SMILES string of the molecule is Cc1ccccc1/C=N\NC(=O)c1ccc(C(C)(C)C)cc1. The molecule has 0 aliphatic heterocycles. The van der Waals surface area contributed by atoms with Gasteiger partial charge in [-0.05, 0) is 41.2 Å². The van der Waals surface area contributed by atoms with Gasteiger partial charge in [0.2, 0.25) is 0 Å². The van der Waals surface area contributed by atoms with Crippen LogP contribution in [0.3, 0.4) is 0 Å². The monoisotopic (exact) mass is 294 g/mol. The number of hydrazone groups is 1. The maximum atomic E-state index is 12.1. The minimum absolute atomic E-state index is 0.0813. The van der Waals surface area contributed by atoms with Crippen LogP contribution in [0.5, 0.6) is 0 Å². The maximum absolute atomic E-state index is 12.1. The van der Waals surface area contributed by atoms with Crippen LogP contribution in [0.2, 0.25) is 0 Å². The van der Waals surface area contributed by atoms with E-state index in [1.165, 1.54) is 5.56 Å². The maximum Gasteiger partial charge on any atom is 0.271 e. The molecule has 0 saturated heterocycles. The van der Waals surface area contributed by atoms with E-state index in [1.54, 1.807) is 6.21 Å². The molecule has 0 atom stereocenters. The average Bonchev–Trinajstić information content (AvgIpc) is 2.48.